The van der Waals surface area contributed by atoms with Gasteiger partial charge in [-0.25, -0.2) is 0 Å². The first-order valence-corrected chi connectivity index (χ1v) is 5.48. The first kappa shape index (κ1) is 9.27. The second kappa shape index (κ2) is 3.56. The molecule has 0 radical (unpaired) electrons. The molecule has 0 saturated carbocycles. The number of benzene rings is 1. The molecule has 2 heterocycles. The number of para-hydroxylation sites is 2. The van der Waals surface area contributed by atoms with Gasteiger partial charge in [0.05, 0.1) is 17.2 Å². The van der Waals surface area contributed by atoms with Gasteiger partial charge in [-0.3, -0.25) is 9.38 Å². The van der Waals surface area contributed by atoms with Crippen molar-refractivity contribution in [1.29, 1.82) is 0 Å². The highest BCUT2D eigenvalue weighted by Gasteiger charge is 2.07. The Labute approximate surface area is 93.0 Å². The molecular formula is C12H12N4. The van der Waals surface area contributed by atoms with E-state index in [1.165, 1.54) is 0 Å². The van der Waals surface area contributed by atoms with Crippen LogP contribution < -0.4 is 0 Å². The SMILES string of the molecule is CCCc1nnc2cnc3ccccc3n12. The predicted octanol–water partition coefficient (Wildman–Crippen LogP) is 2.23. The number of fused-ring (bicyclic) bond motifs is 3. The molecule has 16 heavy (non-hydrogen) atoms. The maximum Gasteiger partial charge on any atom is 0.179 e. The van der Waals surface area contributed by atoms with E-state index in [9.17, 15) is 0 Å². The van der Waals surface area contributed by atoms with Gasteiger partial charge >= 0.3 is 0 Å². The first-order chi connectivity index (χ1) is 7.90. The zero-order chi connectivity index (χ0) is 11.0. The molecule has 0 bridgehead atoms. The van der Waals surface area contributed by atoms with Crippen molar-refractivity contribution in [3.8, 4) is 0 Å². The van der Waals surface area contributed by atoms with Crippen molar-refractivity contribution in [1.82, 2.24) is 19.6 Å². The van der Waals surface area contributed by atoms with Crippen LogP contribution in [0, 0.1) is 0 Å². The summed E-state index contributed by atoms with van der Waals surface area (Å²) in [5, 5.41) is 8.35. The lowest BCUT2D eigenvalue weighted by molar-refractivity contribution is 0.825. The van der Waals surface area contributed by atoms with Crippen LogP contribution in [0.3, 0.4) is 0 Å². The van der Waals surface area contributed by atoms with E-state index in [-0.39, 0.29) is 0 Å². The van der Waals surface area contributed by atoms with Gasteiger partial charge in [0.15, 0.2) is 5.65 Å². The second-order valence-corrected chi connectivity index (χ2v) is 3.81. The molecule has 0 spiro atoms. The van der Waals surface area contributed by atoms with Crippen LogP contribution in [0.4, 0.5) is 0 Å². The average Bonchev–Trinajstić information content (AvgIpc) is 2.73. The number of aromatic nitrogens is 4. The molecule has 0 aliphatic heterocycles. The summed E-state index contributed by atoms with van der Waals surface area (Å²) in [7, 11) is 0. The maximum atomic E-state index is 4.36. The minimum absolute atomic E-state index is 0.821. The Morgan fingerprint density at radius 2 is 2.06 bits per heavy atom. The largest absolute Gasteiger partial charge is 0.276 e. The summed E-state index contributed by atoms with van der Waals surface area (Å²) in [6.07, 6.45) is 3.78. The van der Waals surface area contributed by atoms with Crippen molar-refractivity contribution >= 4 is 16.7 Å². The number of nitrogens with zero attached hydrogens (tertiary/aromatic N) is 4. The first-order valence-electron chi connectivity index (χ1n) is 5.48. The van der Waals surface area contributed by atoms with Crippen LogP contribution in [0.25, 0.3) is 16.7 Å². The molecule has 0 aliphatic carbocycles. The quantitative estimate of drug-likeness (QED) is 0.654. The second-order valence-electron chi connectivity index (χ2n) is 3.81. The summed E-state index contributed by atoms with van der Waals surface area (Å²) in [5.41, 5.74) is 2.88. The van der Waals surface area contributed by atoms with Gasteiger partial charge in [0.1, 0.15) is 5.82 Å². The Kier molecular flexibility index (Phi) is 2.06. The molecule has 0 atom stereocenters. The Bertz CT molecular complexity index is 642. The van der Waals surface area contributed by atoms with Gasteiger partial charge in [0, 0.05) is 6.42 Å². The molecule has 0 fully saturated rings. The van der Waals surface area contributed by atoms with Crippen molar-refractivity contribution in [3.63, 3.8) is 0 Å². The normalized spacial score (nSPS) is 11.3. The van der Waals surface area contributed by atoms with Crippen LogP contribution in [0.5, 0.6) is 0 Å². The zero-order valence-electron chi connectivity index (χ0n) is 9.09. The molecule has 2 aromatic heterocycles. The molecule has 4 nitrogen and oxygen atoms in total. The van der Waals surface area contributed by atoms with E-state index in [1.807, 2.05) is 18.2 Å². The standard InChI is InChI=1S/C12H12N4/c1-2-5-11-14-15-12-8-13-9-6-3-4-7-10(9)16(11)12/h3-4,6-8H,2,5H2,1H3. The Balaban J connectivity index is 2.42. The average molecular weight is 212 g/mol. The van der Waals surface area contributed by atoms with Crippen molar-refractivity contribution in [3.05, 3.63) is 36.3 Å². The number of rotatable bonds is 2. The van der Waals surface area contributed by atoms with Gasteiger partial charge in [-0.2, -0.15) is 0 Å². The fourth-order valence-corrected chi connectivity index (χ4v) is 1.95. The smallest absolute Gasteiger partial charge is 0.179 e. The molecule has 0 aliphatic rings. The summed E-state index contributed by atoms with van der Waals surface area (Å²) >= 11 is 0. The van der Waals surface area contributed by atoms with Crippen molar-refractivity contribution in [2.45, 2.75) is 19.8 Å². The molecule has 80 valence electrons. The van der Waals surface area contributed by atoms with Gasteiger partial charge in [-0.05, 0) is 18.6 Å². The molecule has 3 aromatic rings. The molecule has 3 rings (SSSR count). The third-order valence-electron chi connectivity index (χ3n) is 2.67. The topological polar surface area (TPSA) is 43.1 Å². The zero-order valence-corrected chi connectivity index (χ0v) is 9.09. The van der Waals surface area contributed by atoms with E-state index in [1.54, 1.807) is 6.20 Å². The van der Waals surface area contributed by atoms with Gasteiger partial charge in [0.2, 0.25) is 0 Å². The maximum absolute atomic E-state index is 4.36. The van der Waals surface area contributed by atoms with Gasteiger partial charge in [-0.1, -0.05) is 19.1 Å². The predicted molar refractivity (Wildman–Crippen MR) is 62.3 cm³/mol. The molecule has 0 unspecified atom stereocenters. The summed E-state index contributed by atoms with van der Waals surface area (Å²) in [4.78, 5) is 4.36. The highest BCUT2D eigenvalue weighted by atomic mass is 15.3. The molecule has 1 aromatic carbocycles. The van der Waals surface area contributed by atoms with Crippen LogP contribution >= 0.6 is 0 Å². The molecule has 0 N–H and O–H groups in total. The number of hydrogen-bond acceptors (Lipinski definition) is 3. The van der Waals surface area contributed by atoms with E-state index in [0.717, 1.165) is 35.3 Å². The molecule has 4 heteroatoms. The highest BCUT2D eigenvalue weighted by Crippen LogP contribution is 2.15. The van der Waals surface area contributed by atoms with E-state index < -0.39 is 0 Å². The Hall–Kier alpha value is -1.97. The van der Waals surface area contributed by atoms with Crippen LogP contribution in [0.1, 0.15) is 19.2 Å². The minimum atomic E-state index is 0.821. The van der Waals surface area contributed by atoms with E-state index >= 15 is 0 Å². The monoisotopic (exact) mass is 212 g/mol. The van der Waals surface area contributed by atoms with Crippen molar-refractivity contribution in [2.75, 3.05) is 0 Å². The van der Waals surface area contributed by atoms with Crippen LogP contribution in [0.2, 0.25) is 0 Å². The van der Waals surface area contributed by atoms with E-state index in [0.29, 0.717) is 0 Å². The molecule has 0 saturated heterocycles. The lowest BCUT2D eigenvalue weighted by Crippen LogP contribution is -1.96. The van der Waals surface area contributed by atoms with Gasteiger partial charge in [0.25, 0.3) is 0 Å². The summed E-state index contributed by atoms with van der Waals surface area (Å²) in [6, 6.07) is 8.06. The molecular weight excluding hydrogens is 200 g/mol. The fourth-order valence-electron chi connectivity index (χ4n) is 1.95. The minimum Gasteiger partial charge on any atom is -0.276 e. The third kappa shape index (κ3) is 1.26. The number of hydrogen-bond donors (Lipinski definition) is 0. The number of aryl methyl sites for hydroxylation is 1. The lowest BCUT2D eigenvalue weighted by atomic mass is 10.3. The summed E-state index contributed by atoms with van der Waals surface area (Å²) in [6.45, 7) is 2.14. The fraction of sp³-hybridized carbons (Fsp3) is 0.250. The van der Waals surface area contributed by atoms with Gasteiger partial charge in [-0.15, -0.1) is 10.2 Å². The van der Waals surface area contributed by atoms with Gasteiger partial charge < -0.3 is 0 Å². The summed E-state index contributed by atoms with van der Waals surface area (Å²) in [5.74, 6) is 1.01. The lowest BCUT2D eigenvalue weighted by Gasteiger charge is -2.02. The van der Waals surface area contributed by atoms with Crippen LogP contribution in [-0.2, 0) is 6.42 Å². The third-order valence-corrected chi connectivity index (χ3v) is 2.67. The van der Waals surface area contributed by atoms with Crippen molar-refractivity contribution in [2.24, 2.45) is 0 Å². The van der Waals surface area contributed by atoms with Crippen molar-refractivity contribution < 1.29 is 0 Å². The Morgan fingerprint density at radius 1 is 1.19 bits per heavy atom. The summed E-state index contributed by atoms with van der Waals surface area (Å²) < 4.78 is 2.09. The van der Waals surface area contributed by atoms with E-state index in [2.05, 4.69) is 32.6 Å². The van der Waals surface area contributed by atoms with Crippen LogP contribution in [0.15, 0.2) is 30.5 Å². The highest BCUT2D eigenvalue weighted by molar-refractivity contribution is 5.77. The van der Waals surface area contributed by atoms with Crippen LogP contribution in [-0.4, -0.2) is 19.6 Å². The molecule has 0 amide bonds. The Morgan fingerprint density at radius 3 is 2.94 bits per heavy atom. The van der Waals surface area contributed by atoms with E-state index in [4.69, 9.17) is 0 Å².